The van der Waals surface area contributed by atoms with E-state index in [2.05, 4.69) is 4.90 Å². The van der Waals surface area contributed by atoms with Crippen molar-refractivity contribution >= 4 is 29.1 Å². The van der Waals surface area contributed by atoms with Crippen LogP contribution in [0.4, 0.5) is 4.39 Å². The van der Waals surface area contributed by atoms with Crippen molar-refractivity contribution in [2.45, 2.75) is 18.9 Å². The summed E-state index contributed by atoms with van der Waals surface area (Å²) in [4.78, 5) is 17.0. The standard InChI is InChI=1S/C21H21Cl2FN2O/c22-19-4-2-1-3-16(19)17-12-18(17)21(27)26-9-7-25(8-10-26)13-14-5-6-15(24)11-20(14)23/h1-6,11,17-18H,7-10,12-13H2. The lowest BCUT2D eigenvalue weighted by atomic mass is 10.1. The molecule has 0 aromatic heterocycles. The van der Waals surface area contributed by atoms with Gasteiger partial charge in [-0.3, -0.25) is 9.69 Å². The van der Waals surface area contributed by atoms with Crippen LogP contribution in [0.2, 0.25) is 10.0 Å². The van der Waals surface area contributed by atoms with Gasteiger partial charge in [0.05, 0.1) is 0 Å². The molecule has 142 valence electrons. The number of hydrogen-bond acceptors (Lipinski definition) is 2. The van der Waals surface area contributed by atoms with E-state index < -0.39 is 0 Å². The Balaban J connectivity index is 1.31. The second kappa shape index (κ2) is 7.78. The van der Waals surface area contributed by atoms with E-state index in [0.29, 0.717) is 24.7 Å². The van der Waals surface area contributed by atoms with Crippen molar-refractivity contribution in [3.63, 3.8) is 0 Å². The van der Waals surface area contributed by atoms with Crippen LogP contribution in [0.3, 0.4) is 0 Å². The zero-order valence-electron chi connectivity index (χ0n) is 14.9. The van der Waals surface area contributed by atoms with Crippen LogP contribution in [0.15, 0.2) is 42.5 Å². The predicted octanol–water partition coefficient (Wildman–Crippen LogP) is 4.58. The summed E-state index contributed by atoms with van der Waals surface area (Å²) in [6.07, 6.45) is 0.883. The summed E-state index contributed by atoms with van der Waals surface area (Å²) in [6.45, 7) is 3.69. The van der Waals surface area contributed by atoms with Gasteiger partial charge in [0.1, 0.15) is 5.82 Å². The van der Waals surface area contributed by atoms with Crippen molar-refractivity contribution in [3.05, 3.63) is 69.5 Å². The molecule has 2 aliphatic rings. The summed E-state index contributed by atoms with van der Waals surface area (Å²) in [7, 11) is 0. The van der Waals surface area contributed by atoms with Gasteiger partial charge >= 0.3 is 0 Å². The number of rotatable bonds is 4. The quantitative estimate of drug-likeness (QED) is 0.741. The second-order valence-corrected chi connectivity index (χ2v) is 8.12. The number of carbonyl (C=O) groups excluding carboxylic acids is 1. The van der Waals surface area contributed by atoms with Crippen molar-refractivity contribution in [2.24, 2.45) is 5.92 Å². The molecule has 2 unspecified atom stereocenters. The van der Waals surface area contributed by atoms with Gasteiger partial charge in [-0.25, -0.2) is 4.39 Å². The summed E-state index contributed by atoms with van der Waals surface area (Å²) < 4.78 is 13.2. The molecule has 27 heavy (non-hydrogen) atoms. The van der Waals surface area contributed by atoms with Gasteiger partial charge in [-0.15, -0.1) is 0 Å². The van der Waals surface area contributed by atoms with Gasteiger partial charge in [0.15, 0.2) is 0 Å². The highest BCUT2D eigenvalue weighted by Gasteiger charge is 2.46. The van der Waals surface area contributed by atoms with Gasteiger partial charge in [0.25, 0.3) is 0 Å². The topological polar surface area (TPSA) is 23.6 Å². The molecule has 6 heteroatoms. The summed E-state index contributed by atoms with van der Waals surface area (Å²) in [5, 5.41) is 1.20. The number of benzene rings is 2. The third-order valence-corrected chi connectivity index (χ3v) is 6.20. The van der Waals surface area contributed by atoms with Crippen molar-refractivity contribution in [1.29, 1.82) is 0 Å². The number of nitrogens with zero attached hydrogens (tertiary/aromatic N) is 2. The lowest BCUT2D eigenvalue weighted by Gasteiger charge is -2.35. The number of carbonyl (C=O) groups is 1. The monoisotopic (exact) mass is 406 g/mol. The molecule has 0 N–H and O–H groups in total. The average molecular weight is 407 g/mol. The lowest BCUT2D eigenvalue weighted by molar-refractivity contribution is -0.134. The minimum Gasteiger partial charge on any atom is -0.340 e. The molecule has 2 fully saturated rings. The normalized spacial score (nSPS) is 22.7. The average Bonchev–Trinajstić information content (AvgIpc) is 3.45. The third-order valence-electron chi connectivity index (χ3n) is 5.51. The molecular formula is C21H21Cl2FN2O. The lowest BCUT2D eigenvalue weighted by Crippen LogP contribution is -2.48. The van der Waals surface area contributed by atoms with Crippen molar-refractivity contribution < 1.29 is 9.18 Å². The zero-order chi connectivity index (χ0) is 19.0. The van der Waals surface area contributed by atoms with Gasteiger partial charge in [0, 0.05) is 48.7 Å². The summed E-state index contributed by atoms with van der Waals surface area (Å²) >= 11 is 12.4. The molecule has 0 radical (unpaired) electrons. The molecule has 1 aliphatic heterocycles. The maximum atomic E-state index is 13.2. The van der Waals surface area contributed by atoms with E-state index in [1.807, 2.05) is 29.2 Å². The van der Waals surface area contributed by atoms with Crippen LogP contribution in [0.5, 0.6) is 0 Å². The van der Waals surface area contributed by atoms with E-state index >= 15 is 0 Å². The van der Waals surface area contributed by atoms with Gasteiger partial charge in [-0.05, 0) is 41.7 Å². The van der Waals surface area contributed by atoms with Crippen molar-refractivity contribution in [3.8, 4) is 0 Å². The van der Waals surface area contributed by atoms with Gasteiger partial charge < -0.3 is 4.90 Å². The number of piperazine rings is 1. The fourth-order valence-electron chi connectivity index (χ4n) is 3.84. The SMILES string of the molecule is O=C(C1CC1c1ccccc1Cl)N1CCN(Cc2ccc(F)cc2Cl)CC1. The van der Waals surface area contributed by atoms with Crippen molar-refractivity contribution in [1.82, 2.24) is 9.80 Å². The first-order valence-electron chi connectivity index (χ1n) is 9.22. The Morgan fingerprint density at radius 1 is 1.04 bits per heavy atom. The first-order valence-corrected chi connectivity index (χ1v) is 9.98. The fraction of sp³-hybridized carbons (Fsp3) is 0.381. The molecule has 1 saturated carbocycles. The van der Waals surface area contributed by atoms with E-state index in [-0.39, 0.29) is 23.6 Å². The minimum absolute atomic E-state index is 0.0583. The highest BCUT2D eigenvalue weighted by molar-refractivity contribution is 6.31. The van der Waals surface area contributed by atoms with E-state index in [0.717, 1.165) is 35.7 Å². The highest BCUT2D eigenvalue weighted by Crippen LogP contribution is 2.50. The number of halogens is 3. The molecule has 2 aromatic rings. The van der Waals surface area contributed by atoms with Crippen LogP contribution in [0.25, 0.3) is 0 Å². The van der Waals surface area contributed by atoms with Crippen LogP contribution in [0, 0.1) is 11.7 Å². The molecule has 2 aromatic carbocycles. The summed E-state index contributed by atoms with van der Waals surface area (Å²) in [6, 6.07) is 12.3. The minimum atomic E-state index is -0.323. The van der Waals surface area contributed by atoms with Gasteiger partial charge in [0.2, 0.25) is 5.91 Å². The smallest absolute Gasteiger partial charge is 0.226 e. The molecule has 0 spiro atoms. The largest absolute Gasteiger partial charge is 0.340 e. The first kappa shape index (κ1) is 18.7. The maximum absolute atomic E-state index is 13.2. The Bertz CT molecular complexity index is 852. The number of amides is 1. The molecule has 1 heterocycles. The second-order valence-electron chi connectivity index (χ2n) is 7.31. The first-order chi connectivity index (χ1) is 13.0. The third kappa shape index (κ3) is 4.13. The number of hydrogen-bond donors (Lipinski definition) is 0. The zero-order valence-corrected chi connectivity index (χ0v) is 16.4. The molecule has 1 amide bonds. The van der Waals surface area contributed by atoms with Crippen LogP contribution < -0.4 is 0 Å². The summed E-state index contributed by atoms with van der Waals surface area (Å²) in [5.41, 5.74) is 2.00. The Kier molecular flexibility index (Phi) is 5.40. The Hall–Kier alpha value is -1.62. The molecule has 3 nitrogen and oxygen atoms in total. The van der Waals surface area contributed by atoms with E-state index in [9.17, 15) is 9.18 Å². The van der Waals surface area contributed by atoms with E-state index in [4.69, 9.17) is 23.2 Å². The highest BCUT2D eigenvalue weighted by atomic mass is 35.5. The molecular weight excluding hydrogens is 386 g/mol. The molecule has 1 aliphatic carbocycles. The van der Waals surface area contributed by atoms with Crippen LogP contribution >= 0.6 is 23.2 Å². The Morgan fingerprint density at radius 2 is 1.78 bits per heavy atom. The summed E-state index contributed by atoms with van der Waals surface area (Å²) in [5.74, 6) is 0.223. The maximum Gasteiger partial charge on any atom is 0.226 e. The van der Waals surface area contributed by atoms with Gasteiger partial charge in [-0.1, -0.05) is 47.5 Å². The Morgan fingerprint density at radius 3 is 2.48 bits per heavy atom. The predicted molar refractivity (Wildman–Crippen MR) is 106 cm³/mol. The van der Waals surface area contributed by atoms with E-state index in [1.54, 1.807) is 6.07 Å². The van der Waals surface area contributed by atoms with Crippen LogP contribution in [0.1, 0.15) is 23.5 Å². The fourth-order valence-corrected chi connectivity index (χ4v) is 4.34. The van der Waals surface area contributed by atoms with Gasteiger partial charge in [-0.2, -0.15) is 0 Å². The van der Waals surface area contributed by atoms with Crippen LogP contribution in [-0.2, 0) is 11.3 Å². The van der Waals surface area contributed by atoms with E-state index in [1.165, 1.54) is 12.1 Å². The Labute approximate surface area is 168 Å². The van der Waals surface area contributed by atoms with Crippen molar-refractivity contribution in [2.75, 3.05) is 26.2 Å². The molecule has 4 rings (SSSR count). The molecule has 0 bridgehead atoms. The molecule has 2 atom stereocenters. The van der Waals surface area contributed by atoms with Crippen LogP contribution in [-0.4, -0.2) is 41.9 Å². The molecule has 1 saturated heterocycles.